The van der Waals surface area contributed by atoms with Crippen molar-refractivity contribution in [3.8, 4) is 0 Å². The third-order valence-corrected chi connectivity index (χ3v) is 3.70. The maximum absolute atomic E-state index is 12.6. The van der Waals surface area contributed by atoms with Gasteiger partial charge < -0.3 is 4.74 Å². The predicted molar refractivity (Wildman–Crippen MR) is 75.3 cm³/mol. The van der Waals surface area contributed by atoms with E-state index in [-0.39, 0.29) is 5.78 Å². The van der Waals surface area contributed by atoms with Crippen LogP contribution in [0.15, 0.2) is 12.1 Å². The van der Waals surface area contributed by atoms with E-state index in [1.165, 1.54) is 5.56 Å². The molecule has 0 saturated heterocycles. The van der Waals surface area contributed by atoms with Crippen molar-refractivity contribution in [2.24, 2.45) is 0 Å². The van der Waals surface area contributed by atoms with E-state index >= 15 is 0 Å². The minimum Gasteiger partial charge on any atom is -0.367 e. The molecule has 2 nitrogen and oxygen atoms in total. The van der Waals surface area contributed by atoms with Crippen LogP contribution in [0.25, 0.3) is 0 Å². The summed E-state index contributed by atoms with van der Waals surface area (Å²) < 4.78 is 5.67. The molecule has 0 radical (unpaired) electrons. The van der Waals surface area contributed by atoms with Gasteiger partial charge in [-0.1, -0.05) is 13.0 Å². The number of hydrogen-bond acceptors (Lipinski definition) is 2. The smallest absolute Gasteiger partial charge is 0.194 e. The molecule has 1 aromatic carbocycles. The van der Waals surface area contributed by atoms with Crippen molar-refractivity contribution in [3.05, 3.63) is 34.4 Å². The van der Waals surface area contributed by atoms with Gasteiger partial charge in [0.05, 0.1) is 0 Å². The van der Waals surface area contributed by atoms with E-state index in [2.05, 4.69) is 13.0 Å². The van der Waals surface area contributed by atoms with Crippen molar-refractivity contribution in [1.29, 1.82) is 0 Å². The maximum atomic E-state index is 12.6. The molecule has 0 heterocycles. The first-order valence-corrected chi connectivity index (χ1v) is 6.62. The Morgan fingerprint density at radius 3 is 2.17 bits per heavy atom. The van der Waals surface area contributed by atoms with Crippen LogP contribution < -0.4 is 0 Å². The van der Waals surface area contributed by atoms with Crippen LogP contribution in [0.3, 0.4) is 0 Å². The Morgan fingerprint density at radius 1 is 1.11 bits per heavy atom. The van der Waals surface area contributed by atoms with Crippen molar-refractivity contribution in [2.45, 2.75) is 53.6 Å². The Bertz CT molecular complexity index is 449. The molecule has 1 atom stereocenters. The first kappa shape index (κ1) is 14.9. The SMILES string of the molecule is CCOC(C)(CC)C(=O)c1cc(C)c(C)cc1C. The molecule has 0 bridgehead atoms. The molecule has 0 amide bonds. The molecular weight excluding hydrogens is 224 g/mol. The Kier molecular flexibility index (Phi) is 4.69. The molecule has 0 aromatic heterocycles. The molecule has 0 aliphatic rings. The van der Waals surface area contributed by atoms with Gasteiger partial charge in [-0.2, -0.15) is 0 Å². The lowest BCUT2D eigenvalue weighted by Gasteiger charge is -2.27. The summed E-state index contributed by atoms with van der Waals surface area (Å²) in [5, 5.41) is 0. The Morgan fingerprint density at radius 2 is 1.67 bits per heavy atom. The van der Waals surface area contributed by atoms with Crippen molar-refractivity contribution in [2.75, 3.05) is 6.61 Å². The van der Waals surface area contributed by atoms with Gasteiger partial charge >= 0.3 is 0 Å². The normalized spacial score (nSPS) is 14.3. The topological polar surface area (TPSA) is 26.3 Å². The van der Waals surface area contributed by atoms with Crippen LogP contribution in [0.4, 0.5) is 0 Å². The lowest BCUT2D eigenvalue weighted by Crippen LogP contribution is -2.38. The molecule has 0 aliphatic carbocycles. The van der Waals surface area contributed by atoms with E-state index in [1.807, 2.05) is 40.7 Å². The second kappa shape index (κ2) is 5.66. The zero-order chi connectivity index (χ0) is 13.9. The monoisotopic (exact) mass is 248 g/mol. The molecule has 0 spiro atoms. The molecule has 1 aromatic rings. The van der Waals surface area contributed by atoms with E-state index in [4.69, 9.17) is 4.74 Å². The fourth-order valence-electron chi connectivity index (χ4n) is 2.14. The maximum Gasteiger partial charge on any atom is 0.194 e. The van der Waals surface area contributed by atoms with Gasteiger partial charge in [0, 0.05) is 12.2 Å². The van der Waals surface area contributed by atoms with Crippen LogP contribution >= 0.6 is 0 Å². The summed E-state index contributed by atoms with van der Waals surface area (Å²) in [6.07, 6.45) is 0.687. The number of rotatable bonds is 5. The molecular formula is C16H24O2. The van der Waals surface area contributed by atoms with Crippen LogP contribution in [-0.2, 0) is 4.74 Å². The van der Waals surface area contributed by atoms with E-state index < -0.39 is 5.60 Å². The van der Waals surface area contributed by atoms with E-state index in [1.54, 1.807) is 0 Å². The molecule has 0 saturated carbocycles. The summed E-state index contributed by atoms with van der Waals surface area (Å²) >= 11 is 0. The molecule has 1 rings (SSSR count). The van der Waals surface area contributed by atoms with Crippen molar-refractivity contribution >= 4 is 5.78 Å². The summed E-state index contributed by atoms with van der Waals surface area (Å²) in [6, 6.07) is 4.06. The highest BCUT2D eigenvalue weighted by molar-refractivity contribution is 6.03. The Balaban J connectivity index is 3.21. The zero-order valence-electron chi connectivity index (χ0n) is 12.4. The first-order valence-electron chi connectivity index (χ1n) is 6.62. The number of aryl methyl sites for hydroxylation is 3. The third kappa shape index (κ3) is 2.81. The van der Waals surface area contributed by atoms with E-state index in [9.17, 15) is 4.79 Å². The number of ketones is 1. The highest BCUT2D eigenvalue weighted by Gasteiger charge is 2.33. The third-order valence-electron chi connectivity index (χ3n) is 3.70. The van der Waals surface area contributed by atoms with E-state index in [0.29, 0.717) is 13.0 Å². The number of hydrogen-bond donors (Lipinski definition) is 0. The Hall–Kier alpha value is -1.15. The molecule has 1 unspecified atom stereocenters. The fourth-order valence-corrected chi connectivity index (χ4v) is 2.14. The highest BCUT2D eigenvalue weighted by atomic mass is 16.5. The highest BCUT2D eigenvalue weighted by Crippen LogP contribution is 2.25. The average Bonchev–Trinajstić information content (AvgIpc) is 2.33. The van der Waals surface area contributed by atoms with Gasteiger partial charge in [0.25, 0.3) is 0 Å². The molecule has 0 fully saturated rings. The fraction of sp³-hybridized carbons (Fsp3) is 0.562. The Labute approximate surface area is 110 Å². The van der Waals surface area contributed by atoms with Crippen LogP contribution in [0.5, 0.6) is 0 Å². The number of benzene rings is 1. The minimum absolute atomic E-state index is 0.0902. The van der Waals surface area contributed by atoms with Gasteiger partial charge in [0.2, 0.25) is 0 Å². The van der Waals surface area contributed by atoms with Gasteiger partial charge in [-0.3, -0.25) is 4.79 Å². The summed E-state index contributed by atoms with van der Waals surface area (Å²) in [7, 11) is 0. The van der Waals surface area contributed by atoms with Crippen LogP contribution in [0, 0.1) is 20.8 Å². The van der Waals surface area contributed by atoms with Gasteiger partial charge in [-0.15, -0.1) is 0 Å². The predicted octanol–water partition coefficient (Wildman–Crippen LogP) is 4.00. The minimum atomic E-state index is -0.707. The molecule has 2 heteroatoms. The van der Waals surface area contributed by atoms with Gasteiger partial charge in [-0.25, -0.2) is 0 Å². The molecule has 100 valence electrons. The van der Waals surface area contributed by atoms with Crippen molar-refractivity contribution in [3.63, 3.8) is 0 Å². The van der Waals surface area contributed by atoms with Crippen LogP contribution in [0.1, 0.15) is 54.2 Å². The lowest BCUT2D eigenvalue weighted by atomic mass is 9.88. The second-order valence-corrected chi connectivity index (χ2v) is 5.10. The van der Waals surface area contributed by atoms with Crippen molar-refractivity contribution in [1.82, 2.24) is 0 Å². The number of Topliss-reactive ketones (excluding diaryl/α,β-unsaturated/α-hetero) is 1. The van der Waals surface area contributed by atoms with Crippen LogP contribution in [0.2, 0.25) is 0 Å². The van der Waals surface area contributed by atoms with Crippen molar-refractivity contribution < 1.29 is 9.53 Å². The summed E-state index contributed by atoms with van der Waals surface area (Å²) in [5.41, 5.74) is 3.48. The first-order chi connectivity index (χ1) is 8.35. The number of carbonyl (C=O) groups excluding carboxylic acids is 1. The zero-order valence-corrected chi connectivity index (χ0v) is 12.4. The summed E-state index contributed by atoms with van der Waals surface area (Å²) in [4.78, 5) is 12.6. The average molecular weight is 248 g/mol. The number of carbonyl (C=O) groups is 1. The lowest BCUT2D eigenvalue weighted by molar-refractivity contribution is -0.0116. The molecule has 18 heavy (non-hydrogen) atoms. The summed E-state index contributed by atoms with van der Waals surface area (Å²) in [6.45, 7) is 12.4. The molecule has 0 aliphatic heterocycles. The van der Waals surface area contributed by atoms with Gasteiger partial charge in [0.1, 0.15) is 5.60 Å². The summed E-state index contributed by atoms with van der Waals surface area (Å²) in [5.74, 6) is 0.0902. The standard InChI is InChI=1S/C16H24O2/c1-7-16(6,18-8-2)15(17)14-10-12(4)11(3)9-13(14)5/h9-10H,7-8H2,1-6H3. The van der Waals surface area contributed by atoms with Gasteiger partial charge in [0.15, 0.2) is 5.78 Å². The number of ether oxygens (including phenoxy) is 1. The quantitative estimate of drug-likeness (QED) is 0.736. The van der Waals surface area contributed by atoms with Gasteiger partial charge in [-0.05, 0) is 63.8 Å². The molecule has 0 N–H and O–H groups in total. The van der Waals surface area contributed by atoms with E-state index in [0.717, 1.165) is 16.7 Å². The largest absolute Gasteiger partial charge is 0.367 e. The van der Waals surface area contributed by atoms with Crippen LogP contribution in [-0.4, -0.2) is 18.0 Å². The second-order valence-electron chi connectivity index (χ2n) is 5.10.